The first-order chi connectivity index (χ1) is 12.6. The van der Waals surface area contributed by atoms with Crippen molar-refractivity contribution in [3.63, 3.8) is 0 Å². The highest BCUT2D eigenvalue weighted by Crippen LogP contribution is 2.02. The molecule has 0 atom stereocenters. The zero-order valence-corrected chi connectivity index (χ0v) is 18.2. The van der Waals surface area contributed by atoms with Crippen LogP contribution in [0.5, 0.6) is 0 Å². The van der Waals surface area contributed by atoms with Gasteiger partial charge in [0.25, 0.3) is 0 Å². The molecular weight excluding hydrogens is 418 g/mol. The van der Waals surface area contributed by atoms with Gasteiger partial charge in [-0.2, -0.15) is 0 Å². The smallest absolute Gasteiger partial charge is 0.209 e. The molecule has 27 heavy (non-hydrogen) atoms. The Labute approximate surface area is 168 Å². The van der Waals surface area contributed by atoms with Gasteiger partial charge in [-0.1, -0.05) is 0 Å². The van der Waals surface area contributed by atoms with E-state index in [1.807, 2.05) is 0 Å². The summed E-state index contributed by atoms with van der Waals surface area (Å²) in [4.78, 5) is 2.19. The highest BCUT2D eigenvalue weighted by molar-refractivity contribution is 7.89. The molecule has 0 saturated carbocycles. The van der Waals surface area contributed by atoms with Gasteiger partial charge in [0, 0.05) is 32.2 Å². The second kappa shape index (κ2) is 15.9. The summed E-state index contributed by atoms with van der Waals surface area (Å²) in [7, 11) is -6.55. The number of halogens is 1. The predicted molar refractivity (Wildman–Crippen MR) is 108 cm³/mol. The van der Waals surface area contributed by atoms with E-state index in [0.29, 0.717) is 18.7 Å². The molecule has 2 aliphatic rings. The zero-order valence-electron chi connectivity index (χ0n) is 15.9. The zero-order chi connectivity index (χ0) is 20.6. The predicted octanol–water partition coefficient (Wildman–Crippen LogP) is 0.0879. The van der Waals surface area contributed by atoms with Gasteiger partial charge in [0.2, 0.25) is 20.0 Å². The molecule has 164 valence electrons. The lowest BCUT2D eigenvalue weighted by Gasteiger charge is -2.26. The second-order valence-corrected chi connectivity index (χ2v) is 10.1. The van der Waals surface area contributed by atoms with Gasteiger partial charge in [-0.05, 0) is 38.6 Å². The standard InChI is InChI=1S/C7H16N2O3S.C5H10O.C3H8ClNO2S/c8-13(10,11)7-1-2-9-3-5-12-6-4-9;1-2-4-6-5-3-1;4-2-1-3-8(5,6)7/h1-7H2,(H2,8,10,11);1-5H2;1-3H2,(H2,5,6,7). The van der Waals surface area contributed by atoms with Crippen molar-refractivity contribution in [2.24, 2.45) is 10.3 Å². The molecule has 0 radical (unpaired) electrons. The van der Waals surface area contributed by atoms with E-state index in [2.05, 4.69) is 10.0 Å². The van der Waals surface area contributed by atoms with E-state index in [-0.39, 0.29) is 11.5 Å². The number of hydrogen-bond donors (Lipinski definition) is 2. The van der Waals surface area contributed by atoms with E-state index in [1.165, 1.54) is 19.3 Å². The van der Waals surface area contributed by atoms with Gasteiger partial charge in [-0.25, -0.2) is 27.1 Å². The fourth-order valence-electron chi connectivity index (χ4n) is 2.26. The Morgan fingerprint density at radius 1 is 0.778 bits per heavy atom. The van der Waals surface area contributed by atoms with E-state index in [4.69, 9.17) is 26.2 Å². The molecule has 0 unspecified atom stereocenters. The minimum atomic E-state index is -3.28. The molecule has 2 rings (SSSR count). The number of alkyl halides is 1. The van der Waals surface area contributed by atoms with Gasteiger partial charge in [-0.3, -0.25) is 4.90 Å². The van der Waals surface area contributed by atoms with Crippen LogP contribution in [0.1, 0.15) is 32.1 Å². The maximum Gasteiger partial charge on any atom is 0.209 e. The minimum Gasteiger partial charge on any atom is -0.381 e. The van der Waals surface area contributed by atoms with Crippen LogP contribution in [0.3, 0.4) is 0 Å². The molecule has 0 aromatic rings. The molecule has 0 amide bonds. The number of nitrogens with zero attached hydrogens (tertiary/aromatic N) is 1. The fraction of sp³-hybridized carbons (Fsp3) is 1.00. The van der Waals surface area contributed by atoms with Crippen LogP contribution in [0, 0.1) is 0 Å². The van der Waals surface area contributed by atoms with Gasteiger partial charge in [0.05, 0.1) is 24.7 Å². The molecule has 2 saturated heterocycles. The number of morpholine rings is 1. The second-order valence-electron chi connectivity index (χ2n) is 6.26. The van der Waals surface area contributed by atoms with Crippen molar-refractivity contribution in [2.75, 3.05) is 63.4 Å². The summed E-state index contributed by atoms with van der Waals surface area (Å²) >= 11 is 5.19. The number of primary sulfonamides is 2. The van der Waals surface area contributed by atoms with Crippen LogP contribution in [-0.4, -0.2) is 85.2 Å². The van der Waals surface area contributed by atoms with Crippen LogP contribution in [0.4, 0.5) is 0 Å². The lowest BCUT2D eigenvalue weighted by Crippen LogP contribution is -2.37. The molecule has 4 N–H and O–H groups in total. The quantitative estimate of drug-likeness (QED) is 0.522. The highest BCUT2D eigenvalue weighted by Gasteiger charge is 2.10. The van der Waals surface area contributed by atoms with E-state index < -0.39 is 20.0 Å². The van der Waals surface area contributed by atoms with Crippen molar-refractivity contribution in [3.8, 4) is 0 Å². The maximum atomic E-state index is 10.6. The van der Waals surface area contributed by atoms with Crippen molar-refractivity contribution in [1.29, 1.82) is 0 Å². The molecular formula is C15H34ClN3O6S2. The lowest BCUT2D eigenvalue weighted by molar-refractivity contribution is 0.0381. The average molecular weight is 452 g/mol. The lowest BCUT2D eigenvalue weighted by atomic mass is 10.2. The normalized spacial score (nSPS) is 18.6. The Hall–Kier alpha value is -0.0100. The minimum absolute atomic E-state index is 0.0174. The van der Waals surface area contributed by atoms with Gasteiger partial charge >= 0.3 is 0 Å². The molecule has 0 aromatic heterocycles. The van der Waals surface area contributed by atoms with Crippen molar-refractivity contribution in [2.45, 2.75) is 32.1 Å². The number of rotatable bonds is 7. The summed E-state index contributed by atoms with van der Waals surface area (Å²) in [6, 6.07) is 0. The van der Waals surface area contributed by atoms with Crippen LogP contribution in [0.2, 0.25) is 0 Å². The molecule has 9 nitrogen and oxygen atoms in total. The van der Waals surface area contributed by atoms with Gasteiger partial charge in [0.1, 0.15) is 0 Å². The molecule has 0 spiro atoms. The van der Waals surface area contributed by atoms with Crippen LogP contribution in [0.25, 0.3) is 0 Å². The van der Waals surface area contributed by atoms with Crippen LogP contribution < -0.4 is 10.3 Å². The van der Waals surface area contributed by atoms with Crippen molar-refractivity contribution in [1.82, 2.24) is 4.90 Å². The maximum absolute atomic E-state index is 10.6. The van der Waals surface area contributed by atoms with Crippen LogP contribution in [-0.2, 0) is 29.5 Å². The topological polar surface area (TPSA) is 142 Å². The van der Waals surface area contributed by atoms with E-state index in [1.54, 1.807) is 0 Å². The molecule has 2 heterocycles. The summed E-state index contributed by atoms with van der Waals surface area (Å²) < 4.78 is 51.7. The SMILES string of the molecule is C1CCOCC1.NS(=O)(=O)CCCCl.NS(=O)(=O)CCCN1CCOCC1. The summed E-state index contributed by atoms with van der Waals surface area (Å²) in [5, 5.41) is 9.52. The van der Waals surface area contributed by atoms with Gasteiger partial charge in [-0.15, -0.1) is 11.6 Å². The molecule has 2 aliphatic heterocycles. The van der Waals surface area contributed by atoms with Crippen molar-refractivity contribution >= 4 is 31.6 Å². The first kappa shape index (κ1) is 27.0. The largest absolute Gasteiger partial charge is 0.381 e. The third-order valence-electron chi connectivity index (χ3n) is 3.65. The average Bonchev–Trinajstić information content (AvgIpc) is 2.62. The summed E-state index contributed by atoms with van der Waals surface area (Å²) in [6.07, 6.45) is 4.97. The Morgan fingerprint density at radius 2 is 1.26 bits per heavy atom. The Balaban J connectivity index is 0.000000412. The molecule has 0 bridgehead atoms. The molecule has 12 heteroatoms. The Kier molecular flexibility index (Phi) is 15.9. The summed E-state index contributed by atoms with van der Waals surface area (Å²) in [5.41, 5.74) is 0. The van der Waals surface area contributed by atoms with Gasteiger partial charge < -0.3 is 9.47 Å². The number of nitrogens with two attached hydrogens (primary N) is 2. The first-order valence-electron chi connectivity index (χ1n) is 9.09. The van der Waals surface area contributed by atoms with Gasteiger partial charge in [0.15, 0.2) is 0 Å². The molecule has 0 aromatic carbocycles. The first-order valence-corrected chi connectivity index (χ1v) is 13.1. The Bertz CT molecular complexity index is 538. The van der Waals surface area contributed by atoms with E-state index in [9.17, 15) is 16.8 Å². The van der Waals surface area contributed by atoms with E-state index in [0.717, 1.165) is 46.1 Å². The van der Waals surface area contributed by atoms with Crippen molar-refractivity contribution in [3.05, 3.63) is 0 Å². The number of ether oxygens (including phenoxy) is 2. The molecule has 2 fully saturated rings. The third-order valence-corrected chi connectivity index (χ3v) is 5.63. The van der Waals surface area contributed by atoms with E-state index >= 15 is 0 Å². The number of sulfonamides is 2. The van der Waals surface area contributed by atoms with Crippen molar-refractivity contribution < 1.29 is 26.3 Å². The summed E-state index contributed by atoms with van der Waals surface area (Å²) in [5.74, 6) is 0.400. The summed E-state index contributed by atoms with van der Waals surface area (Å²) in [6.45, 7) is 6.07. The highest BCUT2D eigenvalue weighted by atomic mass is 35.5. The fourth-order valence-corrected chi connectivity index (χ4v) is 3.63. The molecule has 0 aliphatic carbocycles. The number of hydrogen-bond acceptors (Lipinski definition) is 7. The third kappa shape index (κ3) is 22.1. The van der Waals surface area contributed by atoms with Crippen LogP contribution in [0.15, 0.2) is 0 Å². The monoisotopic (exact) mass is 451 g/mol. The Morgan fingerprint density at radius 3 is 1.59 bits per heavy atom. The van der Waals surface area contributed by atoms with Crippen LogP contribution >= 0.6 is 11.6 Å².